The maximum Gasteiger partial charge on any atom is 0.251 e. The Hall–Kier alpha value is -1.07. The third kappa shape index (κ3) is 4.46. The monoisotopic (exact) mass is 368 g/mol. The van der Waals surface area contributed by atoms with Crippen molar-refractivity contribution in [2.45, 2.75) is 32.7 Å². The maximum absolute atomic E-state index is 12.2. The van der Waals surface area contributed by atoms with E-state index in [4.69, 9.17) is 4.74 Å². The van der Waals surface area contributed by atoms with E-state index in [1.165, 1.54) is 12.8 Å². The standard InChI is InChI=1S/C17H25BrN2O2/c1-12-6-8-20(9-7-12)13(2)11-19-17(21)14-4-5-16(22-3)15(18)10-14/h4-5,10,12-13H,6-9,11H2,1-3H3,(H,19,21). The van der Waals surface area contributed by atoms with Gasteiger partial charge in [0.05, 0.1) is 11.6 Å². The van der Waals surface area contributed by atoms with Crippen LogP contribution in [-0.4, -0.2) is 43.6 Å². The molecule has 1 aromatic rings. The molecule has 0 radical (unpaired) electrons. The maximum atomic E-state index is 12.2. The predicted molar refractivity (Wildman–Crippen MR) is 92.5 cm³/mol. The van der Waals surface area contributed by atoms with Crippen LogP contribution in [0.4, 0.5) is 0 Å². The Labute approximate surface area is 141 Å². The minimum atomic E-state index is -0.0411. The summed E-state index contributed by atoms with van der Waals surface area (Å²) in [5.74, 6) is 1.52. The molecule has 1 amide bonds. The van der Waals surface area contributed by atoms with E-state index in [1.54, 1.807) is 25.3 Å². The first kappa shape index (κ1) is 17.3. The highest BCUT2D eigenvalue weighted by atomic mass is 79.9. The molecule has 22 heavy (non-hydrogen) atoms. The molecule has 1 aromatic carbocycles. The quantitative estimate of drug-likeness (QED) is 0.866. The van der Waals surface area contributed by atoms with Crippen LogP contribution in [0, 0.1) is 5.92 Å². The molecule has 2 rings (SSSR count). The molecule has 0 aliphatic carbocycles. The predicted octanol–water partition coefficient (Wildman–Crippen LogP) is 3.31. The van der Waals surface area contributed by atoms with Crippen molar-refractivity contribution in [1.29, 1.82) is 0 Å². The van der Waals surface area contributed by atoms with Crippen LogP contribution in [0.5, 0.6) is 5.75 Å². The van der Waals surface area contributed by atoms with Gasteiger partial charge in [-0.05, 0) is 72.9 Å². The third-order valence-electron chi connectivity index (χ3n) is 4.41. The van der Waals surface area contributed by atoms with E-state index in [0.29, 0.717) is 18.2 Å². The van der Waals surface area contributed by atoms with Gasteiger partial charge in [0.15, 0.2) is 0 Å². The van der Waals surface area contributed by atoms with Crippen molar-refractivity contribution >= 4 is 21.8 Å². The van der Waals surface area contributed by atoms with E-state index in [-0.39, 0.29) is 5.91 Å². The Morgan fingerprint density at radius 1 is 1.45 bits per heavy atom. The summed E-state index contributed by atoms with van der Waals surface area (Å²) in [6.07, 6.45) is 2.51. The van der Waals surface area contributed by atoms with Gasteiger partial charge in [0, 0.05) is 18.2 Å². The fourth-order valence-corrected chi connectivity index (χ4v) is 3.29. The van der Waals surface area contributed by atoms with Crippen molar-refractivity contribution in [2.75, 3.05) is 26.7 Å². The highest BCUT2D eigenvalue weighted by Gasteiger charge is 2.20. The summed E-state index contributed by atoms with van der Waals surface area (Å²) in [5.41, 5.74) is 0.646. The molecule has 1 aliphatic heterocycles. The van der Waals surface area contributed by atoms with Gasteiger partial charge in [0.2, 0.25) is 0 Å². The van der Waals surface area contributed by atoms with Gasteiger partial charge >= 0.3 is 0 Å². The molecule has 0 bridgehead atoms. The SMILES string of the molecule is COc1ccc(C(=O)NCC(C)N2CCC(C)CC2)cc1Br. The van der Waals surface area contributed by atoms with Crippen molar-refractivity contribution < 1.29 is 9.53 Å². The number of halogens is 1. The molecule has 1 aliphatic rings. The third-order valence-corrected chi connectivity index (χ3v) is 5.03. The minimum Gasteiger partial charge on any atom is -0.496 e. The van der Waals surface area contributed by atoms with Crippen LogP contribution in [0.1, 0.15) is 37.0 Å². The van der Waals surface area contributed by atoms with Crippen molar-refractivity contribution in [3.63, 3.8) is 0 Å². The minimum absolute atomic E-state index is 0.0411. The Morgan fingerprint density at radius 3 is 2.73 bits per heavy atom. The first-order valence-corrected chi connectivity index (χ1v) is 8.66. The molecule has 0 spiro atoms. The second-order valence-corrected chi connectivity index (χ2v) is 6.98. The van der Waals surface area contributed by atoms with Crippen molar-refractivity contribution in [2.24, 2.45) is 5.92 Å². The summed E-state index contributed by atoms with van der Waals surface area (Å²) in [6.45, 7) is 7.43. The van der Waals surface area contributed by atoms with E-state index in [9.17, 15) is 4.79 Å². The van der Waals surface area contributed by atoms with Crippen LogP contribution in [-0.2, 0) is 0 Å². The number of hydrogen-bond acceptors (Lipinski definition) is 3. The van der Waals surface area contributed by atoms with E-state index in [2.05, 4.69) is 40.0 Å². The topological polar surface area (TPSA) is 41.6 Å². The van der Waals surface area contributed by atoms with Gasteiger partial charge in [0.1, 0.15) is 5.75 Å². The summed E-state index contributed by atoms with van der Waals surface area (Å²) in [7, 11) is 1.61. The van der Waals surface area contributed by atoms with Gasteiger partial charge in [-0.2, -0.15) is 0 Å². The lowest BCUT2D eigenvalue weighted by molar-refractivity contribution is 0.0921. The number of ether oxygens (including phenoxy) is 1. The number of benzene rings is 1. The van der Waals surface area contributed by atoms with Crippen LogP contribution >= 0.6 is 15.9 Å². The van der Waals surface area contributed by atoms with Crippen LogP contribution in [0.3, 0.4) is 0 Å². The van der Waals surface area contributed by atoms with Gasteiger partial charge < -0.3 is 10.1 Å². The Bertz CT molecular complexity index is 513. The molecular formula is C17H25BrN2O2. The number of carbonyl (C=O) groups excluding carboxylic acids is 1. The molecule has 1 N–H and O–H groups in total. The molecule has 0 aromatic heterocycles. The number of amides is 1. The number of nitrogens with zero attached hydrogens (tertiary/aromatic N) is 1. The van der Waals surface area contributed by atoms with Crippen LogP contribution < -0.4 is 10.1 Å². The Kier molecular flexibility index (Phi) is 6.26. The smallest absolute Gasteiger partial charge is 0.251 e. The molecule has 1 fully saturated rings. The number of likely N-dealkylation sites (tertiary alicyclic amines) is 1. The number of piperidine rings is 1. The van der Waals surface area contributed by atoms with Crippen molar-refractivity contribution in [1.82, 2.24) is 10.2 Å². The zero-order valence-electron chi connectivity index (χ0n) is 13.6. The lowest BCUT2D eigenvalue weighted by Crippen LogP contribution is -2.45. The highest BCUT2D eigenvalue weighted by Crippen LogP contribution is 2.25. The molecule has 1 atom stereocenters. The van der Waals surface area contributed by atoms with Crippen LogP contribution in [0.25, 0.3) is 0 Å². The summed E-state index contributed by atoms with van der Waals surface area (Å²) >= 11 is 3.41. The first-order chi connectivity index (χ1) is 10.5. The summed E-state index contributed by atoms with van der Waals surface area (Å²) < 4.78 is 5.97. The second-order valence-electron chi connectivity index (χ2n) is 6.13. The fourth-order valence-electron chi connectivity index (χ4n) is 2.75. The number of nitrogens with one attached hydrogen (secondary N) is 1. The van der Waals surface area contributed by atoms with Crippen LogP contribution in [0.2, 0.25) is 0 Å². The number of methoxy groups -OCH3 is 1. The zero-order chi connectivity index (χ0) is 16.1. The molecule has 1 heterocycles. The molecule has 1 unspecified atom stereocenters. The van der Waals surface area contributed by atoms with Gasteiger partial charge in [-0.25, -0.2) is 0 Å². The fraction of sp³-hybridized carbons (Fsp3) is 0.588. The second kappa shape index (κ2) is 7.97. The molecule has 122 valence electrons. The highest BCUT2D eigenvalue weighted by molar-refractivity contribution is 9.10. The van der Waals surface area contributed by atoms with E-state index < -0.39 is 0 Å². The normalized spacial score (nSPS) is 18.0. The summed E-state index contributed by atoms with van der Waals surface area (Å²) in [6, 6.07) is 5.75. The molecule has 5 heteroatoms. The van der Waals surface area contributed by atoms with Gasteiger partial charge in [-0.15, -0.1) is 0 Å². The van der Waals surface area contributed by atoms with E-state index >= 15 is 0 Å². The van der Waals surface area contributed by atoms with E-state index in [0.717, 1.165) is 29.2 Å². The van der Waals surface area contributed by atoms with E-state index in [1.807, 2.05) is 0 Å². The molecule has 4 nitrogen and oxygen atoms in total. The number of carbonyl (C=O) groups is 1. The van der Waals surface area contributed by atoms with Crippen molar-refractivity contribution in [3.8, 4) is 5.75 Å². The van der Waals surface area contributed by atoms with Crippen molar-refractivity contribution in [3.05, 3.63) is 28.2 Å². The average Bonchev–Trinajstić information content (AvgIpc) is 2.52. The lowest BCUT2D eigenvalue weighted by atomic mass is 9.98. The Balaban J connectivity index is 1.85. The molecule has 0 saturated carbocycles. The largest absolute Gasteiger partial charge is 0.496 e. The summed E-state index contributed by atoms with van der Waals surface area (Å²) in [4.78, 5) is 14.7. The Morgan fingerprint density at radius 2 is 2.14 bits per heavy atom. The first-order valence-electron chi connectivity index (χ1n) is 7.87. The number of rotatable bonds is 5. The molecular weight excluding hydrogens is 344 g/mol. The zero-order valence-corrected chi connectivity index (χ0v) is 15.1. The number of hydrogen-bond donors (Lipinski definition) is 1. The van der Waals surface area contributed by atoms with Gasteiger partial charge in [-0.3, -0.25) is 9.69 Å². The van der Waals surface area contributed by atoms with Gasteiger partial charge in [0.25, 0.3) is 5.91 Å². The molecule has 1 saturated heterocycles. The van der Waals surface area contributed by atoms with Gasteiger partial charge in [-0.1, -0.05) is 6.92 Å². The average molecular weight is 369 g/mol. The summed E-state index contributed by atoms with van der Waals surface area (Å²) in [5, 5.41) is 3.03. The van der Waals surface area contributed by atoms with Crippen LogP contribution in [0.15, 0.2) is 22.7 Å². The lowest BCUT2D eigenvalue weighted by Gasteiger charge is -2.35.